The van der Waals surface area contributed by atoms with E-state index in [-0.39, 0.29) is 18.0 Å². The molecule has 0 unspecified atom stereocenters. The van der Waals surface area contributed by atoms with Gasteiger partial charge in [-0.3, -0.25) is 9.59 Å². The molecule has 128 valence electrons. The first-order valence-corrected chi connectivity index (χ1v) is 8.39. The molecular weight excluding hydrogens is 292 g/mol. The van der Waals surface area contributed by atoms with Gasteiger partial charge in [-0.15, -0.1) is 0 Å². The van der Waals surface area contributed by atoms with Crippen LogP contribution < -0.4 is 0 Å². The molecule has 0 saturated carbocycles. The van der Waals surface area contributed by atoms with E-state index < -0.39 is 5.97 Å². The summed E-state index contributed by atoms with van der Waals surface area (Å²) in [5, 5.41) is 18.8. The number of ketones is 1. The van der Waals surface area contributed by atoms with Crippen molar-refractivity contribution in [3.8, 4) is 5.75 Å². The van der Waals surface area contributed by atoms with E-state index in [1.54, 1.807) is 0 Å². The smallest absolute Gasteiger partial charge is 0.303 e. The maximum atomic E-state index is 12.3. The van der Waals surface area contributed by atoms with Gasteiger partial charge in [-0.25, -0.2) is 0 Å². The maximum absolute atomic E-state index is 12.3. The summed E-state index contributed by atoms with van der Waals surface area (Å²) in [6.07, 6.45) is 6.14. The van der Waals surface area contributed by atoms with Gasteiger partial charge in [0.15, 0.2) is 5.78 Å². The van der Waals surface area contributed by atoms with E-state index in [0.29, 0.717) is 12.0 Å². The summed E-state index contributed by atoms with van der Waals surface area (Å²) in [5.41, 5.74) is 3.08. The first kappa shape index (κ1) is 19.2. The quantitative estimate of drug-likeness (QED) is 0.484. The Morgan fingerprint density at radius 2 is 1.39 bits per heavy atom. The summed E-state index contributed by atoms with van der Waals surface area (Å²) in [7, 11) is 0. The molecule has 23 heavy (non-hydrogen) atoms. The Morgan fingerprint density at radius 1 is 0.870 bits per heavy atom. The number of hydrogen-bond donors (Lipinski definition) is 2. The lowest BCUT2D eigenvalue weighted by molar-refractivity contribution is -0.137. The lowest BCUT2D eigenvalue weighted by Gasteiger charge is -2.12. The standard InChI is InChI=1S/C19H28O4/c1-13-12-14(2)18(19(23)15(13)3)16(20)10-8-6-4-5-7-9-11-17(21)22/h12,23H,4-11H2,1-3H3,(H,21,22). The highest BCUT2D eigenvalue weighted by atomic mass is 16.4. The van der Waals surface area contributed by atoms with E-state index in [0.717, 1.165) is 55.2 Å². The maximum Gasteiger partial charge on any atom is 0.303 e. The average Bonchev–Trinajstić information content (AvgIpc) is 2.47. The van der Waals surface area contributed by atoms with E-state index >= 15 is 0 Å². The third-order valence-electron chi connectivity index (χ3n) is 4.33. The fourth-order valence-electron chi connectivity index (χ4n) is 2.81. The number of phenols is 1. The van der Waals surface area contributed by atoms with Crippen LogP contribution in [0.4, 0.5) is 0 Å². The Bertz CT molecular complexity index is 561. The fraction of sp³-hybridized carbons (Fsp3) is 0.579. The van der Waals surface area contributed by atoms with Crippen molar-refractivity contribution in [1.29, 1.82) is 0 Å². The van der Waals surface area contributed by atoms with Crippen molar-refractivity contribution < 1.29 is 19.8 Å². The molecular formula is C19H28O4. The van der Waals surface area contributed by atoms with E-state index in [1.807, 2.05) is 26.8 Å². The molecule has 0 aromatic heterocycles. The largest absolute Gasteiger partial charge is 0.507 e. The second-order valence-electron chi connectivity index (χ2n) is 6.30. The van der Waals surface area contributed by atoms with Crippen LogP contribution in [0.3, 0.4) is 0 Å². The van der Waals surface area contributed by atoms with Crippen molar-refractivity contribution >= 4 is 11.8 Å². The third kappa shape index (κ3) is 6.05. The van der Waals surface area contributed by atoms with E-state index in [1.165, 1.54) is 0 Å². The Labute approximate surface area is 138 Å². The van der Waals surface area contributed by atoms with Crippen LogP contribution >= 0.6 is 0 Å². The number of aryl methyl sites for hydroxylation is 2. The zero-order valence-corrected chi connectivity index (χ0v) is 14.4. The number of hydrogen-bond acceptors (Lipinski definition) is 3. The van der Waals surface area contributed by atoms with Gasteiger partial charge in [0.25, 0.3) is 0 Å². The molecule has 1 aromatic carbocycles. The number of aliphatic carboxylic acids is 1. The van der Waals surface area contributed by atoms with Gasteiger partial charge in [-0.1, -0.05) is 31.7 Å². The van der Waals surface area contributed by atoms with Crippen molar-refractivity contribution in [2.24, 2.45) is 0 Å². The minimum absolute atomic E-state index is 0.00831. The van der Waals surface area contributed by atoms with Crippen molar-refractivity contribution in [1.82, 2.24) is 0 Å². The predicted molar refractivity (Wildman–Crippen MR) is 91.2 cm³/mol. The molecule has 0 saturated heterocycles. The van der Waals surface area contributed by atoms with E-state index in [4.69, 9.17) is 5.11 Å². The third-order valence-corrected chi connectivity index (χ3v) is 4.33. The summed E-state index contributed by atoms with van der Waals surface area (Å²) in [6, 6.07) is 1.95. The van der Waals surface area contributed by atoms with Crippen molar-refractivity contribution in [3.05, 3.63) is 28.3 Å². The molecule has 0 radical (unpaired) electrons. The summed E-state index contributed by atoms with van der Waals surface area (Å²) < 4.78 is 0. The van der Waals surface area contributed by atoms with Gasteiger partial charge in [0.2, 0.25) is 0 Å². The number of unbranched alkanes of at least 4 members (excludes halogenated alkanes) is 5. The van der Waals surface area contributed by atoms with Crippen molar-refractivity contribution in [3.63, 3.8) is 0 Å². The van der Waals surface area contributed by atoms with Crippen LogP contribution in [0, 0.1) is 20.8 Å². The normalized spacial score (nSPS) is 10.7. The van der Waals surface area contributed by atoms with Gasteiger partial charge in [0.05, 0.1) is 5.56 Å². The average molecular weight is 320 g/mol. The number of carboxylic acid groups (broad SMARTS) is 1. The molecule has 4 heteroatoms. The fourth-order valence-corrected chi connectivity index (χ4v) is 2.81. The molecule has 0 aliphatic heterocycles. The number of aromatic hydroxyl groups is 1. The second-order valence-corrected chi connectivity index (χ2v) is 6.30. The number of carbonyl (C=O) groups is 2. The molecule has 0 atom stereocenters. The molecule has 4 nitrogen and oxygen atoms in total. The van der Waals surface area contributed by atoms with Gasteiger partial charge in [0, 0.05) is 12.8 Å². The first-order valence-electron chi connectivity index (χ1n) is 8.39. The summed E-state index contributed by atoms with van der Waals surface area (Å²) in [4.78, 5) is 22.7. The topological polar surface area (TPSA) is 74.6 Å². The van der Waals surface area contributed by atoms with Crippen LogP contribution in [0.5, 0.6) is 5.75 Å². The highest BCUT2D eigenvalue weighted by molar-refractivity contribution is 6.00. The zero-order valence-electron chi connectivity index (χ0n) is 14.4. The molecule has 2 N–H and O–H groups in total. The Kier molecular flexibility index (Phi) is 7.79. The number of carboxylic acids is 1. The molecule has 1 aromatic rings. The molecule has 0 spiro atoms. The predicted octanol–water partition coefficient (Wildman–Crippen LogP) is 4.71. The monoisotopic (exact) mass is 320 g/mol. The lowest BCUT2D eigenvalue weighted by atomic mass is 9.94. The number of phenolic OH excluding ortho intramolecular Hbond substituents is 1. The minimum Gasteiger partial charge on any atom is -0.507 e. The second kappa shape index (κ2) is 9.33. The van der Waals surface area contributed by atoms with Gasteiger partial charge in [0.1, 0.15) is 5.75 Å². The summed E-state index contributed by atoms with van der Waals surface area (Å²) >= 11 is 0. The zero-order chi connectivity index (χ0) is 17.4. The van der Waals surface area contributed by atoms with Crippen LogP contribution in [0.1, 0.15) is 78.4 Å². The van der Waals surface area contributed by atoms with Crippen molar-refractivity contribution in [2.45, 2.75) is 72.1 Å². The van der Waals surface area contributed by atoms with Gasteiger partial charge in [-0.2, -0.15) is 0 Å². The van der Waals surface area contributed by atoms with Gasteiger partial charge >= 0.3 is 5.97 Å². The Balaban J connectivity index is 2.35. The SMILES string of the molecule is Cc1cc(C)c(C(=O)CCCCCCCCC(=O)O)c(O)c1C. The number of carbonyl (C=O) groups excluding carboxylic acids is 1. The van der Waals surface area contributed by atoms with Crippen LogP contribution in [0.15, 0.2) is 6.07 Å². The van der Waals surface area contributed by atoms with Crippen molar-refractivity contribution in [2.75, 3.05) is 0 Å². The van der Waals surface area contributed by atoms with Crippen LogP contribution in [-0.4, -0.2) is 22.0 Å². The van der Waals surface area contributed by atoms with Crippen LogP contribution in [0.2, 0.25) is 0 Å². The number of Topliss-reactive ketones (excluding diaryl/α,β-unsaturated/α-hetero) is 1. The molecule has 0 heterocycles. The number of benzene rings is 1. The van der Waals surface area contributed by atoms with Gasteiger partial charge in [-0.05, 0) is 50.3 Å². The van der Waals surface area contributed by atoms with E-state index in [2.05, 4.69) is 0 Å². The molecule has 1 rings (SSSR count). The summed E-state index contributed by atoms with van der Waals surface area (Å²) in [5.74, 6) is -0.602. The summed E-state index contributed by atoms with van der Waals surface area (Å²) in [6.45, 7) is 5.63. The minimum atomic E-state index is -0.737. The van der Waals surface area contributed by atoms with Gasteiger partial charge < -0.3 is 10.2 Å². The molecule has 0 bridgehead atoms. The molecule has 0 fully saturated rings. The molecule has 0 aliphatic carbocycles. The molecule has 0 aliphatic rings. The Morgan fingerprint density at radius 3 is 1.96 bits per heavy atom. The van der Waals surface area contributed by atoms with Crippen LogP contribution in [-0.2, 0) is 4.79 Å². The highest BCUT2D eigenvalue weighted by Gasteiger charge is 2.17. The molecule has 0 amide bonds. The number of rotatable bonds is 10. The lowest BCUT2D eigenvalue weighted by Crippen LogP contribution is -2.04. The highest BCUT2D eigenvalue weighted by Crippen LogP contribution is 2.29. The van der Waals surface area contributed by atoms with E-state index in [9.17, 15) is 14.7 Å². The first-order chi connectivity index (χ1) is 10.8. The Hall–Kier alpha value is -1.84. The van der Waals surface area contributed by atoms with Crippen LogP contribution in [0.25, 0.3) is 0 Å².